The minimum Gasteiger partial charge on any atom is -0.497 e. The van der Waals surface area contributed by atoms with Crippen LogP contribution in [0.25, 0.3) is 0 Å². The molecule has 0 aliphatic heterocycles. The molecular formula is C19H20ClNO3. The van der Waals surface area contributed by atoms with Crippen molar-refractivity contribution in [3.8, 4) is 5.75 Å². The molecule has 2 aromatic carbocycles. The summed E-state index contributed by atoms with van der Waals surface area (Å²) in [5.74, 6) is 0.552. The third-order valence-corrected chi connectivity index (χ3v) is 3.98. The maximum absolute atomic E-state index is 12.0. The molecule has 0 heterocycles. The Morgan fingerprint density at radius 3 is 2.42 bits per heavy atom. The highest BCUT2D eigenvalue weighted by molar-refractivity contribution is 6.34. The monoisotopic (exact) mass is 345 g/mol. The number of amides is 1. The van der Waals surface area contributed by atoms with Crippen molar-refractivity contribution in [1.82, 2.24) is 5.32 Å². The fourth-order valence-electron chi connectivity index (χ4n) is 2.28. The molecule has 126 valence electrons. The summed E-state index contributed by atoms with van der Waals surface area (Å²) in [7, 11) is 1.62. The Kier molecular flexibility index (Phi) is 6.82. The van der Waals surface area contributed by atoms with Gasteiger partial charge in [-0.05, 0) is 36.2 Å². The molecule has 0 unspecified atom stereocenters. The topological polar surface area (TPSA) is 55.4 Å². The first-order valence-corrected chi connectivity index (χ1v) is 8.15. The fraction of sp³-hybridized carbons (Fsp3) is 0.263. The third-order valence-electron chi connectivity index (χ3n) is 3.65. The van der Waals surface area contributed by atoms with Crippen molar-refractivity contribution in [2.45, 2.75) is 19.3 Å². The lowest BCUT2D eigenvalue weighted by Gasteiger charge is -2.07. The van der Waals surface area contributed by atoms with Crippen molar-refractivity contribution in [1.29, 1.82) is 0 Å². The molecule has 0 atom stereocenters. The van der Waals surface area contributed by atoms with Crippen LogP contribution in [0.15, 0.2) is 48.5 Å². The second kappa shape index (κ2) is 9.08. The second-order valence-corrected chi connectivity index (χ2v) is 5.76. The summed E-state index contributed by atoms with van der Waals surface area (Å²) in [5.41, 5.74) is 1.58. The summed E-state index contributed by atoms with van der Waals surface area (Å²) < 4.78 is 5.10. The molecule has 24 heavy (non-hydrogen) atoms. The second-order valence-electron chi connectivity index (χ2n) is 5.35. The van der Waals surface area contributed by atoms with E-state index < -0.39 is 0 Å². The normalized spacial score (nSPS) is 10.2. The van der Waals surface area contributed by atoms with E-state index in [9.17, 15) is 9.59 Å². The van der Waals surface area contributed by atoms with Crippen LogP contribution in [0.2, 0.25) is 5.02 Å². The average molecular weight is 346 g/mol. The standard InChI is InChI=1S/C19H20ClNO3/c1-24-15-8-6-14(7-9-15)12-13-21-19(23)11-10-18(22)16-4-2-3-5-17(16)20/h2-9H,10-13H2,1H3,(H,21,23). The minimum absolute atomic E-state index is 0.120. The molecule has 0 bridgehead atoms. The van der Waals surface area contributed by atoms with Gasteiger partial charge in [-0.3, -0.25) is 9.59 Å². The van der Waals surface area contributed by atoms with Crippen molar-refractivity contribution in [3.05, 3.63) is 64.7 Å². The molecule has 2 rings (SSSR count). The Bertz CT molecular complexity index is 698. The smallest absolute Gasteiger partial charge is 0.220 e. The zero-order valence-electron chi connectivity index (χ0n) is 13.5. The summed E-state index contributed by atoms with van der Waals surface area (Å²) >= 11 is 5.98. The quantitative estimate of drug-likeness (QED) is 0.743. The van der Waals surface area contributed by atoms with Gasteiger partial charge in [0.25, 0.3) is 0 Å². The SMILES string of the molecule is COc1ccc(CCNC(=O)CCC(=O)c2ccccc2Cl)cc1. The lowest BCUT2D eigenvalue weighted by Crippen LogP contribution is -2.26. The lowest BCUT2D eigenvalue weighted by atomic mass is 10.1. The molecule has 4 nitrogen and oxygen atoms in total. The Morgan fingerprint density at radius 1 is 1.04 bits per heavy atom. The van der Waals surface area contributed by atoms with Gasteiger partial charge in [-0.2, -0.15) is 0 Å². The number of nitrogens with one attached hydrogen (secondary N) is 1. The van der Waals surface area contributed by atoms with Gasteiger partial charge < -0.3 is 10.1 Å². The van der Waals surface area contributed by atoms with Crippen LogP contribution in [-0.2, 0) is 11.2 Å². The average Bonchev–Trinajstić information content (AvgIpc) is 2.60. The van der Waals surface area contributed by atoms with Gasteiger partial charge in [0.05, 0.1) is 12.1 Å². The van der Waals surface area contributed by atoms with Crippen LogP contribution in [0, 0.1) is 0 Å². The molecular weight excluding hydrogens is 326 g/mol. The number of carbonyl (C=O) groups is 2. The molecule has 0 saturated carbocycles. The molecule has 1 amide bonds. The Morgan fingerprint density at radius 2 is 1.75 bits per heavy atom. The van der Waals surface area contributed by atoms with E-state index in [0.717, 1.165) is 17.7 Å². The van der Waals surface area contributed by atoms with E-state index in [0.29, 0.717) is 17.1 Å². The molecule has 0 saturated heterocycles. The highest BCUT2D eigenvalue weighted by Gasteiger charge is 2.11. The molecule has 0 aromatic heterocycles. The van der Waals surface area contributed by atoms with Crippen LogP contribution >= 0.6 is 11.6 Å². The molecule has 0 aliphatic rings. The lowest BCUT2D eigenvalue weighted by molar-refractivity contribution is -0.121. The van der Waals surface area contributed by atoms with E-state index >= 15 is 0 Å². The van der Waals surface area contributed by atoms with Crippen molar-refractivity contribution in [2.75, 3.05) is 13.7 Å². The fourth-order valence-corrected chi connectivity index (χ4v) is 2.52. The van der Waals surface area contributed by atoms with E-state index in [2.05, 4.69) is 5.32 Å². The number of ether oxygens (including phenoxy) is 1. The van der Waals surface area contributed by atoms with Crippen LogP contribution in [0.4, 0.5) is 0 Å². The van der Waals surface area contributed by atoms with Crippen molar-refractivity contribution in [3.63, 3.8) is 0 Å². The first-order valence-electron chi connectivity index (χ1n) is 7.77. The van der Waals surface area contributed by atoms with Crippen LogP contribution in [0.1, 0.15) is 28.8 Å². The molecule has 0 spiro atoms. The van der Waals surface area contributed by atoms with Crippen LogP contribution in [0.3, 0.4) is 0 Å². The largest absolute Gasteiger partial charge is 0.497 e. The Labute approximate surface area is 146 Å². The van der Waals surface area contributed by atoms with E-state index in [1.165, 1.54) is 0 Å². The predicted molar refractivity (Wildman–Crippen MR) is 94.7 cm³/mol. The molecule has 2 aromatic rings. The summed E-state index contributed by atoms with van der Waals surface area (Å²) in [6.07, 6.45) is 1.04. The van der Waals surface area contributed by atoms with Crippen LogP contribution in [-0.4, -0.2) is 25.3 Å². The van der Waals surface area contributed by atoms with Crippen molar-refractivity contribution < 1.29 is 14.3 Å². The number of Topliss-reactive ketones (excluding diaryl/α,β-unsaturated/α-hetero) is 1. The van der Waals surface area contributed by atoms with Gasteiger partial charge in [-0.25, -0.2) is 0 Å². The molecule has 5 heteroatoms. The minimum atomic E-state index is -0.135. The number of halogens is 1. The third kappa shape index (κ3) is 5.39. The molecule has 0 radical (unpaired) electrons. The van der Waals surface area contributed by atoms with E-state index in [-0.39, 0.29) is 24.5 Å². The number of hydrogen-bond acceptors (Lipinski definition) is 3. The van der Waals surface area contributed by atoms with Gasteiger partial charge in [0.15, 0.2) is 5.78 Å². The summed E-state index contributed by atoms with van der Waals surface area (Å²) in [4.78, 5) is 23.9. The van der Waals surface area contributed by atoms with Crippen molar-refractivity contribution in [2.24, 2.45) is 0 Å². The zero-order valence-corrected chi connectivity index (χ0v) is 14.3. The number of ketones is 1. The van der Waals surface area contributed by atoms with Gasteiger partial charge in [0, 0.05) is 24.9 Å². The summed E-state index contributed by atoms with van der Waals surface area (Å²) in [5, 5.41) is 3.24. The van der Waals surface area contributed by atoms with Gasteiger partial charge in [0.1, 0.15) is 5.75 Å². The number of carbonyl (C=O) groups excluding carboxylic acids is 2. The summed E-state index contributed by atoms with van der Waals surface area (Å²) in [6, 6.07) is 14.6. The highest BCUT2D eigenvalue weighted by atomic mass is 35.5. The van der Waals surface area contributed by atoms with Crippen LogP contribution in [0.5, 0.6) is 5.75 Å². The molecule has 0 fully saturated rings. The predicted octanol–water partition coefficient (Wildman–Crippen LogP) is 3.67. The maximum atomic E-state index is 12.0. The number of methoxy groups -OCH3 is 1. The molecule has 1 N–H and O–H groups in total. The summed E-state index contributed by atoms with van der Waals surface area (Å²) in [6.45, 7) is 0.533. The zero-order chi connectivity index (χ0) is 17.4. The highest BCUT2D eigenvalue weighted by Crippen LogP contribution is 2.17. The Balaban J connectivity index is 1.71. The van der Waals surface area contributed by atoms with E-state index in [1.54, 1.807) is 31.4 Å². The first-order chi connectivity index (χ1) is 11.6. The van der Waals surface area contributed by atoms with Gasteiger partial charge in [-0.15, -0.1) is 0 Å². The Hall–Kier alpha value is -2.33. The van der Waals surface area contributed by atoms with E-state index in [1.807, 2.05) is 24.3 Å². The van der Waals surface area contributed by atoms with Crippen molar-refractivity contribution >= 4 is 23.3 Å². The number of hydrogen-bond donors (Lipinski definition) is 1. The van der Waals surface area contributed by atoms with Gasteiger partial charge in [0.2, 0.25) is 5.91 Å². The van der Waals surface area contributed by atoms with Gasteiger partial charge in [-0.1, -0.05) is 35.9 Å². The van der Waals surface area contributed by atoms with Crippen LogP contribution < -0.4 is 10.1 Å². The van der Waals surface area contributed by atoms with Gasteiger partial charge >= 0.3 is 0 Å². The van der Waals surface area contributed by atoms with E-state index in [4.69, 9.17) is 16.3 Å². The first kappa shape index (κ1) is 18.0. The maximum Gasteiger partial charge on any atom is 0.220 e. The number of benzene rings is 2. The number of rotatable bonds is 8. The molecule has 0 aliphatic carbocycles.